The van der Waals surface area contributed by atoms with Crippen LogP contribution in [0.5, 0.6) is 0 Å². The van der Waals surface area contributed by atoms with E-state index in [9.17, 15) is 9.59 Å². The van der Waals surface area contributed by atoms with Crippen LogP contribution in [0.4, 0.5) is 11.4 Å². The van der Waals surface area contributed by atoms with Crippen molar-refractivity contribution in [1.82, 2.24) is 10.3 Å². The van der Waals surface area contributed by atoms with Crippen LogP contribution in [0.15, 0.2) is 42.6 Å². The number of esters is 1. The normalized spacial score (nSPS) is 14.9. The lowest BCUT2D eigenvalue weighted by atomic mass is 10.1. The number of anilines is 2. The molecule has 1 heterocycles. The lowest BCUT2D eigenvalue weighted by molar-refractivity contribution is 0.0600. The van der Waals surface area contributed by atoms with Gasteiger partial charge < -0.3 is 15.4 Å². The summed E-state index contributed by atoms with van der Waals surface area (Å²) in [5.41, 5.74) is 2.46. The van der Waals surface area contributed by atoms with Gasteiger partial charge in [0.1, 0.15) is 5.69 Å². The molecule has 0 bridgehead atoms. The minimum atomic E-state index is -0.372. The largest absolute Gasteiger partial charge is 0.465 e. The summed E-state index contributed by atoms with van der Waals surface area (Å²) in [6, 6.07) is 10.7. The van der Waals surface area contributed by atoms with Crippen molar-refractivity contribution >= 4 is 23.3 Å². The van der Waals surface area contributed by atoms with Crippen LogP contribution in [0, 0.1) is 0 Å². The molecule has 1 aromatic heterocycles. The summed E-state index contributed by atoms with van der Waals surface area (Å²) in [5, 5.41) is 6.34. The van der Waals surface area contributed by atoms with Gasteiger partial charge in [-0.1, -0.05) is 25.7 Å². The topological polar surface area (TPSA) is 80.3 Å². The predicted octanol–water partition coefficient (Wildman–Crippen LogP) is 4.06. The zero-order chi connectivity index (χ0) is 19.1. The molecule has 1 aromatic carbocycles. The van der Waals surface area contributed by atoms with Gasteiger partial charge in [0.2, 0.25) is 0 Å². The fourth-order valence-corrected chi connectivity index (χ4v) is 3.29. The van der Waals surface area contributed by atoms with Crippen LogP contribution in [0.3, 0.4) is 0 Å². The molecule has 1 saturated carbocycles. The van der Waals surface area contributed by atoms with Crippen LogP contribution >= 0.6 is 0 Å². The van der Waals surface area contributed by atoms with Crippen molar-refractivity contribution in [1.29, 1.82) is 0 Å². The second-order valence-corrected chi connectivity index (χ2v) is 6.79. The Morgan fingerprint density at radius 3 is 2.37 bits per heavy atom. The highest BCUT2D eigenvalue weighted by Gasteiger charge is 2.16. The molecule has 6 heteroatoms. The van der Waals surface area contributed by atoms with E-state index in [-0.39, 0.29) is 17.9 Å². The molecule has 1 aliphatic rings. The van der Waals surface area contributed by atoms with E-state index >= 15 is 0 Å². The highest BCUT2D eigenvalue weighted by atomic mass is 16.5. The summed E-state index contributed by atoms with van der Waals surface area (Å²) in [6.07, 6.45) is 8.53. The third-order valence-electron chi connectivity index (χ3n) is 4.78. The number of carbonyl (C=O) groups is 2. The van der Waals surface area contributed by atoms with Crippen molar-refractivity contribution in [3.63, 3.8) is 0 Å². The number of benzene rings is 1. The lowest BCUT2D eigenvalue weighted by Gasteiger charge is -2.16. The fraction of sp³-hybridized carbons (Fsp3) is 0.381. The number of pyridine rings is 1. The number of rotatable bonds is 5. The summed E-state index contributed by atoms with van der Waals surface area (Å²) >= 11 is 0. The summed E-state index contributed by atoms with van der Waals surface area (Å²) in [6.45, 7) is 0. The van der Waals surface area contributed by atoms with Crippen LogP contribution in [0.2, 0.25) is 0 Å². The summed E-state index contributed by atoms with van der Waals surface area (Å²) in [4.78, 5) is 28.2. The Balaban J connectivity index is 1.64. The van der Waals surface area contributed by atoms with E-state index in [1.807, 2.05) is 0 Å². The SMILES string of the molecule is COC(=O)c1ccc(Nc2ccnc(C(=O)NC3CCCCCC3)c2)cc1. The number of amides is 1. The van der Waals surface area contributed by atoms with Gasteiger partial charge in [-0.05, 0) is 49.2 Å². The van der Waals surface area contributed by atoms with E-state index in [1.54, 1.807) is 42.6 Å². The van der Waals surface area contributed by atoms with Gasteiger partial charge in [-0.3, -0.25) is 9.78 Å². The van der Waals surface area contributed by atoms with Crippen molar-refractivity contribution in [3.05, 3.63) is 53.9 Å². The van der Waals surface area contributed by atoms with Crippen LogP contribution in [0.1, 0.15) is 59.4 Å². The van der Waals surface area contributed by atoms with Gasteiger partial charge in [0, 0.05) is 23.6 Å². The first-order chi connectivity index (χ1) is 13.2. The molecule has 0 aliphatic heterocycles. The fourth-order valence-electron chi connectivity index (χ4n) is 3.29. The van der Waals surface area contributed by atoms with Gasteiger partial charge in [-0.25, -0.2) is 4.79 Å². The number of hydrogen-bond acceptors (Lipinski definition) is 5. The quantitative estimate of drug-likeness (QED) is 0.615. The standard InChI is InChI=1S/C21H25N3O3/c1-27-21(26)15-8-10-17(11-9-15)23-18-12-13-22-19(14-18)20(25)24-16-6-4-2-3-5-7-16/h8-14,16H,2-7H2,1H3,(H,22,23)(H,24,25). The Kier molecular flexibility index (Phi) is 6.41. The number of hydrogen-bond donors (Lipinski definition) is 2. The summed E-state index contributed by atoms with van der Waals surface area (Å²) < 4.78 is 4.69. The Morgan fingerprint density at radius 2 is 1.70 bits per heavy atom. The molecule has 3 rings (SSSR count). The van der Waals surface area contributed by atoms with E-state index in [0.29, 0.717) is 11.3 Å². The maximum atomic E-state index is 12.5. The van der Waals surface area contributed by atoms with E-state index in [4.69, 9.17) is 4.74 Å². The molecule has 6 nitrogen and oxygen atoms in total. The van der Waals surface area contributed by atoms with Gasteiger partial charge in [-0.15, -0.1) is 0 Å². The lowest BCUT2D eigenvalue weighted by Crippen LogP contribution is -2.34. The molecule has 1 fully saturated rings. The third kappa shape index (κ3) is 5.29. The van der Waals surface area contributed by atoms with Gasteiger partial charge in [0.05, 0.1) is 12.7 Å². The monoisotopic (exact) mass is 367 g/mol. The predicted molar refractivity (Wildman–Crippen MR) is 104 cm³/mol. The smallest absolute Gasteiger partial charge is 0.337 e. The molecule has 1 aliphatic carbocycles. The number of ether oxygens (including phenoxy) is 1. The Hall–Kier alpha value is -2.89. The van der Waals surface area contributed by atoms with Crippen molar-refractivity contribution in [2.75, 3.05) is 12.4 Å². The summed E-state index contributed by atoms with van der Waals surface area (Å²) in [7, 11) is 1.35. The Morgan fingerprint density at radius 1 is 1.00 bits per heavy atom. The highest BCUT2D eigenvalue weighted by molar-refractivity contribution is 5.93. The Labute approximate surface area is 159 Å². The van der Waals surface area contributed by atoms with Gasteiger partial charge >= 0.3 is 5.97 Å². The molecular formula is C21H25N3O3. The van der Waals surface area contributed by atoms with Crippen LogP contribution in [-0.2, 0) is 4.74 Å². The average Bonchev–Trinajstić information content (AvgIpc) is 2.97. The van der Waals surface area contributed by atoms with E-state index in [1.165, 1.54) is 32.8 Å². The molecule has 0 unspecified atom stereocenters. The second kappa shape index (κ2) is 9.16. The van der Waals surface area contributed by atoms with Crippen molar-refractivity contribution in [2.45, 2.75) is 44.6 Å². The maximum Gasteiger partial charge on any atom is 0.337 e. The number of nitrogens with one attached hydrogen (secondary N) is 2. The zero-order valence-electron chi connectivity index (χ0n) is 15.5. The molecule has 0 radical (unpaired) electrons. The first-order valence-corrected chi connectivity index (χ1v) is 9.38. The number of nitrogens with zero attached hydrogens (tertiary/aromatic N) is 1. The van der Waals surface area contributed by atoms with Crippen molar-refractivity contribution < 1.29 is 14.3 Å². The van der Waals surface area contributed by atoms with Gasteiger partial charge in [-0.2, -0.15) is 0 Å². The number of methoxy groups -OCH3 is 1. The minimum absolute atomic E-state index is 0.133. The number of carbonyl (C=O) groups excluding carboxylic acids is 2. The highest BCUT2D eigenvalue weighted by Crippen LogP contribution is 2.19. The van der Waals surface area contributed by atoms with Crippen molar-refractivity contribution in [3.8, 4) is 0 Å². The molecule has 2 aromatic rings. The molecule has 27 heavy (non-hydrogen) atoms. The summed E-state index contributed by atoms with van der Waals surface area (Å²) in [5.74, 6) is -0.505. The average molecular weight is 367 g/mol. The van der Waals surface area contributed by atoms with E-state index < -0.39 is 0 Å². The Bertz CT molecular complexity index is 782. The van der Waals surface area contributed by atoms with Crippen LogP contribution < -0.4 is 10.6 Å². The van der Waals surface area contributed by atoms with Crippen LogP contribution in [0.25, 0.3) is 0 Å². The molecule has 0 saturated heterocycles. The van der Waals surface area contributed by atoms with E-state index in [0.717, 1.165) is 24.2 Å². The number of aromatic nitrogens is 1. The second-order valence-electron chi connectivity index (χ2n) is 6.79. The molecule has 1 amide bonds. The van der Waals surface area contributed by atoms with Gasteiger partial charge in [0.15, 0.2) is 0 Å². The molecule has 2 N–H and O–H groups in total. The van der Waals surface area contributed by atoms with Crippen LogP contribution in [-0.4, -0.2) is 30.0 Å². The molecule has 142 valence electrons. The first-order valence-electron chi connectivity index (χ1n) is 9.38. The molecule has 0 spiro atoms. The molecule has 0 atom stereocenters. The van der Waals surface area contributed by atoms with Crippen molar-refractivity contribution in [2.24, 2.45) is 0 Å². The minimum Gasteiger partial charge on any atom is -0.465 e. The van der Waals surface area contributed by atoms with Gasteiger partial charge in [0.25, 0.3) is 5.91 Å². The maximum absolute atomic E-state index is 12.5. The van der Waals surface area contributed by atoms with E-state index in [2.05, 4.69) is 15.6 Å². The third-order valence-corrected chi connectivity index (χ3v) is 4.78. The molecular weight excluding hydrogens is 342 g/mol. The zero-order valence-corrected chi connectivity index (χ0v) is 15.5. The first kappa shape index (κ1) is 18.9.